The molecule has 0 spiro atoms. The molecule has 0 atom stereocenters. The number of hydrogen-bond donors (Lipinski definition) is 1. The maximum Gasteiger partial charge on any atom is 0.222 e. The molecule has 0 radical (unpaired) electrons. The lowest BCUT2D eigenvalue weighted by Gasteiger charge is -2.20. The Bertz CT molecular complexity index is 192. The van der Waals surface area contributed by atoms with Gasteiger partial charge in [0.05, 0.1) is 0 Å². The van der Waals surface area contributed by atoms with Crippen molar-refractivity contribution in [2.45, 2.75) is 57.8 Å². The standard InChI is InChI=1S/C13H26N2O.ClH/c14-10-6-2-1-5-9-13(16)15-11-7-3-4-8-12-15;/h1-12,14H2;1H. The lowest BCUT2D eigenvalue weighted by Crippen LogP contribution is -2.31. The first-order valence-electron chi connectivity index (χ1n) is 6.82. The Hall–Kier alpha value is -0.280. The quantitative estimate of drug-likeness (QED) is 0.748. The van der Waals surface area contributed by atoms with Crippen LogP contribution in [0.1, 0.15) is 57.8 Å². The third-order valence-electron chi connectivity index (χ3n) is 3.30. The van der Waals surface area contributed by atoms with Crippen molar-refractivity contribution < 1.29 is 4.79 Å². The molecule has 0 unspecified atom stereocenters. The minimum absolute atomic E-state index is 0. The van der Waals surface area contributed by atoms with Gasteiger partial charge in [-0.25, -0.2) is 0 Å². The van der Waals surface area contributed by atoms with Crippen molar-refractivity contribution in [3.63, 3.8) is 0 Å². The molecule has 0 aliphatic carbocycles. The average Bonchev–Trinajstić information content (AvgIpc) is 2.57. The maximum absolute atomic E-state index is 11.9. The highest BCUT2D eigenvalue weighted by molar-refractivity contribution is 5.85. The number of carbonyl (C=O) groups excluding carboxylic acids is 1. The summed E-state index contributed by atoms with van der Waals surface area (Å²) in [4.78, 5) is 14.0. The van der Waals surface area contributed by atoms with Gasteiger partial charge in [0.2, 0.25) is 5.91 Å². The number of rotatable bonds is 6. The Morgan fingerprint density at radius 2 is 1.53 bits per heavy atom. The van der Waals surface area contributed by atoms with Crippen LogP contribution in [-0.2, 0) is 4.79 Å². The van der Waals surface area contributed by atoms with Crippen molar-refractivity contribution >= 4 is 18.3 Å². The number of unbranched alkanes of at least 4 members (excludes halogenated alkanes) is 3. The van der Waals surface area contributed by atoms with Crippen molar-refractivity contribution in [3.8, 4) is 0 Å². The molecular weight excluding hydrogens is 236 g/mol. The number of hydrogen-bond acceptors (Lipinski definition) is 2. The third-order valence-corrected chi connectivity index (χ3v) is 3.30. The van der Waals surface area contributed by atoms with Crippen LogP contribution in [-0.4, -0.2) is 30.4 Å². The largest absolute Gasteiger partial charge is 0.343 e. The number of nitrogens with zero attached hydrogens (tertiary/aromatic N) is 1. The molecule has 0 aromatic rings. The number of likely N-dealkylation sites (tertiary alicyclic amines) is 1. The van der Waals surface area contributed by atoms with E-state index in [0.29, 0.717) is 5.91 Å². The first kappa shape index (κ1) is 16.7. The molecule has 0 aromatic carbocycles. The first-order valence-corrected chi connectivity index (χ1v) is 6.82. The molecule has 3 nitrogen and oxygen atoms in total. The zero-order valence-electron chi connectivity index (χ0n) is 10.8. The summed E-state index contributed by atoms with van der Waals surface area (Å²) in [6, 6.07) is 0. The molecule has 1 amide bonds. The van der Waals surface area contributed by atoms with Gasteiger partial charge in [-0.05, 0) is 32.2 Å². The van der Waals surface area contributed by atoms with Crippen LogP contribution in [0.5, 0.6) is 0 Å². The summed E-state index contributed by atoms with van der Waals surface area (Å²) >= 11 is 0. The van der Waals surface area contributed by atoms with Crippen LogP contribution in [0.15, 0.2) is 0 Å². The second-order valence-corrected chi connectivity index (χ2v) is 4.75. The van der Waals surface area contributed by atoms with Crippen molar-refractivity contribution in [2.24, 2.45) is 5.73 Å². The number of amides is 1. The topological polar surface area (TPSA) is 46.3 Å². The van der Waals surface area contributed by atoms with E-state index in [2.05, 4.69) is 4.90 Å². The molecule has 1 rings (SSSR count). The summed E-state index contributed by atoms with van der Waals surface area (Å²) in [5, 5.41) is 0. The van der Waals surface area contributed by atoms with Crippen LogP contribution in [0.3, 0.4) is 0 Å². The summed E-state index contributed by atoms with van der Waals surface area (Å²) < 4.78 is 0. The van der Waals surface area contributed by atoms with E-state index in [4.69, 9.17) is 5.73 Å². The predicted octanol–water partition coefficient (Wildman–Crippen LogP) is 2.72. The summed E-state index contributed by atoms with van der Waals surface area (Å²) in [5.74, 6) is 0.370. The van der Waals surface area contributed by atoms with Gasteiger partial charge in [-0.2, -0.15) is 0 Å². The van der Waals surface area contributed by atoms with E-state index in [1.165, 1.54) is 32.1 Å². The molecular formula is C13H27ClN2O. The zero-order valence-corrected chi connectivity index (χ0v) is 11.6. The first-order chi connectivity index (χ1) is 7.84. The van der Waals surface area contributed by atoms with Crippen molar-refractivity contribution in [3.05, 3.63) is 0 Å². The van der Waals surface area contributed by atoms with Crippen LogP contribution < -0.4 is 5.73 Å². The summed E-state index contributed by atoms with van der Waals surface area (Å²) in [5.41, 5.74) is 5.43. The van der Waals surface area contributed by atoms with E-state index in [-0.39, 0.29) is 12.4 Å². The molecule has 2 N–H and O–H groups in total. The molecule has 1 aliphatic rings. The minimum Gasteiger partial charge on any atom is -0.343 e. The molecule has 4 heteroatoms. The van der Waals surface area contributed by atoms with E-state index in [0.717, 1.165) is 45.3 Å². The second kappa shape index (κ2) is 10.8. The van der Waals surface area contributed by atoms with Gasteiger partial charge in [0.25, 0.3) is 0 Å². The van der Waals surface area contributed by atoms with Crippen molar-refractivity contribution in [1.82, 2.24) is 4.90 Å². The van der Waals surface area contributed by atoms with Crippen molar-refractivity contribution in [1.29, 1.82) is 0 Å². The summed E-state index contributed by atoms with van der Waals surface area (Å²) in [7, 11) is 0. The molecule has 0 aromatic heterocycles. The Balaban J connectivity index is 0.00000256. The van der Waals surface area contributed by atoms with Gasteiger partial charge >= 0.3 is 0 Å². The number of halogens is 1. The van der Waals surface area contributed by atoms with E-state index in [1.807, 2.05) is 0 Å². The lowest BCUT2D eigenvalue weighted by molar-refractivity contribution is -0.131. The molecule has 1 aliphatic heterocycles. The Morgan fingerprint density at radius 3 is 2.12 bits per heavy atom. The van der Waals surface area contributed by atoms with Crippen molar-refractivity contribution in [2.75, 3.05) is 19.6 Å². The fourth-order valence-corrected chi connectivity index (χ4v) is 2.25. The van der Waals surface area contributed by atoms with E-state index >= 15 is 0 Å². The van der Waals surface area contributed by atoms with E-state index < -0.39 is 0 Å². The minimum atomic E-state index is 0. The fourth-order valence-electron chi connectivity index (χ4n) is 2.25. The smallest absolute Gasteiger partial charge is 0.222 e. The zero-order chi connectivity index (χ0) is 11.6. The van der Waals surface area contributed by atoms with Crippen LogP contribution in [0.25, 0.3) is 0 Å². The van der Waals surface area contributed by atoms with Crippen LogP contribution in [0.2, 0.25) is 0 Å². The second-order valence-electron chi connectivity index (χ2n) is 4.75. The van der Waals surface area contributed by atoms with Gasteiger partial charge in [-0.3, -0.25) is 4.79 Å². The van der Waals surface area contributed by atoms with Gasteiger partial charge < -0.3 is 10.6 Å². The normalized spacial score (nSPS) is 16.2. The molecule has 1 heterocycles. The van der Waals surface area contributed by atoms with Gasteiger partial charge in [0.1, 0.15) is 0 Å². The molecule has 102 valence electrons. The summed E-state index contributed by atoms with van der Waals surface area (Å²) in [6.07, 6.45) is 10.2. The van der Waals surface area contributed by atoms with Gasteiger partial charge in [-0.15, -0.1) is 12.4 Å². The monoisotopic (exact) mass is 262 g/mol. The SMILES string of the molecule is Cl.NCCCCCCC(=O)N1CCCCCC1. The van der Waals surface area contributed by atoms with Gasteiger partial charge in [-0.1, -0.05) is 25.7 Å². The highest BCUT2D eigenvalue weighted by Crippen LogP contribution is 2.12. The highest BCUT2D eigenvalue weighted by atomic mass is 35.5. The predicted molar refractivity (Wildman–Crippen MR) is 74.4 cm³/mol. The van der Waals surface area contributed by atoms with E-state index in [9.17, 15) is 4.79 Å². The Morgan fingerprint density at radius 1 is 0.941 bits per heavy atom. The highest BCUT2D eigenvalue weighted by Gasteiger charge is 2.14. The van der Waals surface area contributed by atoms with E-state index in [1.54, 1.807) is 0 Å². The molecule has 1 fully saturated rings. The molecule has 1 saturated heterocycles. The molecule has 0 bridgehead atoms. The van der Waals surface area contributed by atoms with Crippen LogP contribution in [0.4, 0.5) is 0 Å². The Labute approximate surface area is 112 Å². The molecule has 17 heavy (non-hydrogen) atoms. The van der Waals surface area contributed by atoms with Gasteiger partial charge in [0, 0.05) is 19.5 Å². The number of nitrogens with two attached hydrogens (primary N) is 1. The molecule has 0 saturated carbocycles. The lowest BCUT2D eigenvalue weighted by atomic mass is 10.1. The van der Waals surface area contributed by atoms with Crippen LogP contribution in [0, 0.1) is 0 Å². The Kier molecular flexibility index (Phi) is 10.7. The third kappa shape index (κ3) is 7.61. The van der Waals surface area contributed by atoms with Gasteiger partial charge in [0.15, 0.2) is 0 Å². The number of carbonyl (C=O) groups is 1. The fraction of sp³-hybridized carbons (Fsp3) is 0.923. The van der Waals surface area contributed by atoms with Crippen LogP contribution >= 0.6 is 12.4 Å². The maximum atomic E-state index is 11.9. The average molecular weight is 263 g/mol. The summed E-state index contributed by atoms with van der Waals surface area (Å²) in [6.45, 7) is 2.75.